The molecule has 0 unspecified atom stereocenters. The van der Waals surface area contributed by atoms with Gasteiger partial charge in [-0.25, -0.2) is 9.66 Å². The van der Waals surface area contributed by atoms with E-state index in [1.54, 1.807) is 12.4 Å². The molecule has 0 radical (unpaired) electrons. The Balaban J connectivity index is 2.29. The van der Waals surface area contributed by atoms with Crippen LogP contribution in [0.5, 0.6) is 5.75 Å². The number of anilines is 1. The molecular weight excluding hydrogens is 268 g/mol. The quantitative estimate of drug-likeness (QED) is 0.532. The maximum Gasteiger partial charge on any atom is 0.308 e. The molecule has 1 aromatic carbocycles. The molecule has 6 heteroatoms. The first-order valence-corrected chi connectivity index (χ1v) is 6.52. The Morgan fingerprint density at radius 1 is 1.33 bits per heavy atom. The maximum atomic E-state index is 11.1. The standard InChI is InChI=1S/C15H18N4O2/c1-9-5-13(6-10(2)14(9)21-12(4)20)7-17-19-8-11(3)18-15(19)16/h5-8H,1-4H3,(H2,16,18). The first-order valence-electron chi connectivity index (χ1n) is 6.52. The Labute approximate surface area is 123 Å². The Kier molecular flexibility index (Phi) is 4.07. The average molecular weight is 286 g/mol. The minimum Gasteiger partial charge on any atom is -0.426 e. The zero-order chi connectivity index (χ0) is 15.6. The first kappa shape index (κ1) is 14.8. The number of aromatic nitrogens is 2. The highest BCUT2D eigenvalue weighted by Crippen LogP contribution is 2.24. The van der Waals surface area contributed by atoms with Gasteiger partial charge < -0.3 is 10.5 Å². The predicted octanol–water partition coefficient (Wildman–Crippen LogP) is 2.20. The molecule has 6 nitrogen and oxygen atoms in total. The van der Waals surface area contributed by atoms with Gasteiger partial charge in [-0.3, -0.25) is 4.79 Å². The minimum atomic E-state index is -0.329. The van der Waals surface area contributed by atoms with E-state index in [0.29, 0.717) is 11.7 Å². The van der Waals surface area contributed by atoms with E-state index < -0.39 is 0 Å². The number of carbonyl (C=O) groups is 1. The Morgan fingerprint density at radius 3 is 2.43 bits per heavy atom. The Hall–Kier alpha value is -2.63. The zero-order valence-corrected chi connectivity index (χ0v) is 12.5. The number of benzene rings is 1. The molecule has 1 heterocycles. The molecule has 0 aliphatic rings. The lowest BCUT2D eigenvalue weighted by Gasteiger charge is -2.10. The lowest BCUT2D eigenvalue weighted by atomic mass is 10.1. The summed E-state index contributed by atoms with van der Waals surface area (Å²) in [5, 5.41) is 4.27. The van der Waals surface area contributed by atoms with Crippen LogP contribution in [0.15, 0.2) is 23.4 Å². The number of hydrogen-bond donors (Lipinski definition) is 1. The SMILES string of the molecule is CC(=O)Oc1c(C)cc(C=Nn2cc(C)nc2N)cc1C. The van der Waals surface area contributed by atoms with Crippen molar-refractivity contribution >= 4 is 18.1 Å². The molecule has 2 rings (SSSR count). The fourth-order valence-electron chi connectivity index (χ4n) is 2.09. The van der Waals surface area contributed by atoms with Crippen LogP contribution in [0.3, 0.4) is 0 Å². The van der Waals surface area contributed by atoms with Gasteiger partial charge in [0.1, 0.15) is 5.75 Å². The van der Waals surface area contributed by atoms with Crippen molar-refractivity contribution in [1.82, 2.24) is 9.66 Å². The molecule has 0 saturated heterocycles. The van der Waals surface area contributed by atoms with E-state index in [4.69, 9.17) is 10.5 Å². The number of aryl methyl sites for hydroxylation is 3. The molecule has 110 valence electrons. The number of esters is 1. The minimum absolute atomic E-state index is 0.329. The van der Waals surface area contributed by atoms with Crippen molar-refractivity contribution < 1.29 is 9.53 Å². The molecule has 0 spiro atoms. The molecule has 0 atom stereocenters. The summed E-state index contributed by atoms with van der Waals surface area (Å²) in [6.45, 7) is 7.01. The first-order chi connectivity index (χ1) is 9.86. The van der Waals surface area contributed by atoms with E-state index in [1.807, 2.05) is 32.9 Å². The largest absolute Gasteiger partial charge is 0.426 e. The lowest BCUT2D eigenvalue weighted by Crippen LogP contribution is -2.05. The third kappa shape index (κ3) is 3.47. The van der Waals surface area contributed by atoms with Crippen molar-refractivity contribution in [3.8, 4) is 5.75 Å². The van der Waals surface area contributed by atoms with Crippen LogP contribution >= 0.6 is 0 Å². The van der Waals surface area contributed by atoms with E-state index in [2.05, 4.69) is 10.1 Å². The molecule has 0 bridgehead atoms. The molecule has 0 fully saturated rings. The van der Waals surface area contributed by atoms with Crippen LogP contribution in [0, 0.1) is 20.8 Å². The van der Waals surface area contributed by atoms with Crippen molar-refractivity contribution in [2.45, 2.75) is 27.7 Å². The number of hydrogen-bond acceptors (Lipinski definition) is 5. The summed E-state index contributed by atoms with van der Waals surface area (Å²) >= 11 is 0. The molecule has 1 aromatic heterocycles. The predicted molar refractivity (Wildman–Crippen MR) is 81.6 cm³/mol. The zero-order valence-electron chi connectivity index (χ0n) is 12.5. The van der Waals surface area contributed by atoms with Crippen LogP contribution in [0.4, 0.5) is 5.95 Å². The van der Waals surface area contributed by atoms with Gasteiger partial charge in [0.25, 0.3) is 0 Å². The molecule has 0 aliphatic carbocycles. The van der Waals surface area contributed by atoms with Crippen molar-refractivity contribution in [2.24, 2.45) is 5.10 Å². The number of imidazole rings is 1. The fourth-order valence-corrected chi connectivity index (χ4v) is 2.09. The van der Waals surface area contributed by atoms with Gasteiger partial charge in [-0.05, 0) is 49.6 Å². The molecule has 21 heavy (non-hydrogen) atoms. The van der Waals surface area contributed by atoms with Crippen molar-refractivity contribution in [1.29, 1.82) is 0 Å². The Morgan fingerprint density at radius 2 is 1.95 bits per heavy atom. The van der Waals surface area contributed by atoms with Gasteiger partial charge in [0, 0.05) is 6.92 Å². The number of carbonyl (C=O) groups excluding carboxylic acids is 1. The van der Waals surface area contributed by atoms with Gasteiger partial charge in [-0.15, -0.1) is 0 Å². The van der Waals surface area contributed by atoms with Crippen molar-refractivity contribution in [3.05, 3.63) is 40.7 Å². The normalized spacial score (nSPS) is 11.0. The number of nitrogens with zero attached hydrogens (tertiary/aromatic N) is 3. The van der Waals surface area contributed by atoms with Crippen LogP contribution in [0.2, 0.25) is 0 Å². The molecular formula is C15H18N4O2. The summed E-state index contributed by atoms with van der Waals surface area (Å²) in [7, 11) is 0. The van der Waals surface area contributed by atoms with Crippen LogP contribution in [-0.4, -0.2) is 21.8 Å². The van der Waals surface area contributed by atoms with Crippen LogP contribution in [-0.2, 0) is 4.79 Å². The third-order valence-corrected chi connectivity index (χ3v) is 2.89. The number of ether oxygens (including phenoxy) is 1. The summed E-state index contributed by atoms with van der Waals surface area (Å²) in [6.07, 6.45) is 3.44. The summed E-state index contributed by atoms with van der Waals surface area (Å²) in [5.41, 5.74) is 9.18. The van der Waals surface area contributed by atoms with Gasteiger partial charge >= 0.3 is 5.97 Å². The molecule has 0 saturated carbocycles. The topological polar surface area (TPSA) is 82.5 Å². The highest BCUT2D eigenvalue weighted by Gasteiger charge is 2.08. The Bertz CT molecular complexity index is 693. The van der Waals surface area contributed by atoms with E-state index in [0.717, 1.165) is 22.4 Å². The van der Waals surface area contributed by atoms with Gasteiger partial charge in [-0.1, -0.05) is 0 Å². The summed E-state index contributed by atoms with van der Waals surface area (Å²) in [6, 6.07) is 3.80. The fraction of sp³-hybridized carbons (Fsp3) is 0.267. The van der Waals surface area contributed by atoms with Crippen LogP contribution in [0.1, 0.15) is 29.3 Å². The maximum absolute atomic E-state index is 11.1. The number of nitrogen functional groups attached to an aromatic ring is 1. The van der Waals surface area contributed by atoms with Crippen molar-refractivity contribution in [2.75, 3.05) is 5.73 Å². The molecule has 2 aromatic rings. The summed E-state index contributed by atoms with van der Waals surface area (Å²) < 4.78 is 6.71. The summed E-state index contributed by atoms with van der Waals surface area (Å²) in [4.78, 5) is 15.2. The third-order valence-electron chi connectivity index (χ3n) is 2.89. The van der Waals surface area contributed by atoms with Crippen LogP contribution in [0.25, 0.3) is 0 Å². The molecule has 2 N–H and O–H groups in total. The monoisotopic (exact) mass is 286 g/mol. The second kappa shape index (κ2) is 5.78. The van der Waals surface area contributed by atoms with Gasteiger partial charge in [-0.2, -0.15) is 5.10 Å². The van der Waals surface area contributed by atoms with Crippen LogP contribution < -0.4 is 10.5 Å². The van der Waals surface area contributed by atoms with Gasteiger partial charge in [0.15, 0.2) is 0 Å². The second-order valence-electron chi connectivity index (χ2n) is 4.91. The van der Waals surface area contributed by atoms with E-state index >= 15 is 0 Å². The molecule has 0 amide bonds. The second-order valence-corrected chi connectivity index (χ2v) is 4.91. The number of nitrogens with two attached hydrogens (primary N) is 1. The van der Waals surface area contributed by atoms with E-state index in [9.17, 15) is 4.79 Å². The van der Waals surface area contributed by atoms with E-state index in [1.165, 1.54) is 11.6 Å². The molecule has 0 aliphatic heterocycles. The van der Waals surface area contributed by atoms with Crippen molar-refractivity contribution in [3.63, 3.8) is 0 Å². The van der Waals surface area contributed by atoms with Gasteiger partial charge in [0.2, 0.25) is 5.95 Å². The number of rotatable bonds is 3. The van der Waals surface area contributed by atoms with Gasteiger partial charge in [0.05, 0.1) is 18.1 Å². The summed E-state index contributed by atoms with van der Waals surface area (Å²) in [5.74, 6) is 0.607. The van der Waals surface area contributed by atoms with E-state index in [-0.39, 0.29) is 5.97 Å². The smallest absolute Gasteiger partial charge is 0.308 e. The highest BCUT2D eigenvalue weighted by atomic mass is 16.5. The average Bonchev–Trinajstić information content (AvgIpc) is 2.69. The highest BCUT2D eigenvalue weighted by molar-refractivity contribution is 5.81. The lowest BCUT2D eigenvalue weighted by molar-refractivity contribution is -0.131.